The van der Waals surface area contributed by atoms with Crippen molar-refractivity contribution in [2.24, 2.45) is 0 Å². The summed E-state index contributed by atoms with van der Waals surface area (Å²) in [6, 6.07) is 5.85. The van der Waals surface area contributed by atoms with Gasteiger partial charge < -0.3 is 29.2 Å². The first-order valence-corrected chi connectivity index (χ1v) is 11.6. The van der Waals surface area contributed by atoms with Crippen LogP contribution in [0.1, 0.15) is 23.0 Å². The number of nitrogens with zero attached hydrogens (tertiary/aromatic N) is 2. The summed E-state index contributed by atoms with van der Waals surface area (Å²) in [4.78, 5) is 42.8. The fourth-order valence-electron chi connectivity index (χ4n) is 3.09. The third kappa shape index (κ3) is 7.45. The van der Waals surface area contributed by atoms with Crippen LogP contribution in [0.5, 0.6) is 11.5 Å². The molecule has 1 aromatic carbocycles. The normalized spacial score (nSPS) is 13.2. The van der Waals surface area contributed by atoms with Crippen molar-refractivity contribution in [1.29, 1.82) is 0 Å². The number of anilines is 1. The van der Waals surface area contributed by atoms with Crippen molar-refractivity contribution in [3.05, 3.63) is 45.6 Å². The van der Waals surface area contributed by atoms with Crippen molar-refractivity contribution < 1.29 is 33.3 Å². The molecule has 10 nitrogen and oxygen atoms in total. The Hall–Kier alpha value is -3.08. The largest absolute Gasteiger partial charge is 0.490 e. The molecule has 2 amide bonds. The van der Waals surface area contributed by atoms with Crippen molar-refractivity contribution in [2.75, 3.05) is 51.4 Å². The Morgan fingerprint density at radius 3 is 2.51 bits per heavy atom. The molecule has 0 radical (unpaired) electrons. The van der Waals surface area contributed by atoms with Gasteiger partial charge in [0.05, 0.1) is 41.1 Å². The zero-order chi connectivity index (χ0) is 25.4. The summed E-state index contributed by atoms with van der Waals surface area (Å²) >= 11 is 12.0. The molecule has 1 saturated heterocycles. The molecule has 0 spiro atoms. The van der Waals surface area contributed by atoms with Gasteiger partial charge in [-0.3, -0.25) is 9.59 Å². The number of nitrogens with one attached hydrogen (secondary N) is 1. The number of benzene rings is 1. The number of rotatable bonds is 9. The second-order valence-corrected chi connectivity index (χ2v) is 8.20. The third-order valence-corrected chi connectivity index (χ3v) is 5.56. The maximum absolute atomic E-state index is 12.5. The van der Waals surface area contributed by atoms with Gasteiger partial charge in [0.1, 0.15) is 0 Å². The number of hydrogen-bond donors (Lipinski definition) is 1. The highest BCUT2D eigenvalue weighted by molar-refractivity contribution is 6.36. The van der Waals surface area contributed by atoms with Crippen LogP contribution < -0.4 is 14.8 Å². The summed E-state index contributed by atoms with van der Waals surface area (Å²) in [6.45, 7) is 5.02. The molecule has 188 valence electrons. The molecule has 1 aliphatic heterocycles. The lowest BCUT2D eigenvalue weighted by Crippen LogP contribution is -2.43. The van der Waals surface area contributed by atoms with Crippen molar-refractivity contribution in [3.8, 4) is 11.5 Å². The van der Waals surface area contributed by atoms with Crippen LogP contribution >= 0.6 is 23.2 Å². The van der Waals surface area contributed by atoms with Crippen LogP contribution in [0, 0.1) is 6.92 Å². The zero-order valence-corrected chi connectivity index (χ0v) is 20.8. The minimum atomic E-state index is -0.747. The maximum atomic E-state index is 12.5. The van der Waals surface area contributed by atoms with Gasteiger partial charge in [-0.1, -0.05) is 23.2 Å². The van der Waals surface area contributed by atoms with Crippen LogP contribution in [0.15, 0.2) is 24.3 Å². The average molecular weight is 526 g/mol. The Morgan fingerprint density at radius 2 is 1.80 bits per heavy atom. The molecule has 1 N–H and O–H groups in total. The van der Waals surface area contributed by atoms with Crippen molar-refractivity contribution in [2.45, 2.75) is 13.8 Å². The second kappa shape index (κ2) is 12.6. The number of halogens is 2. The molecular weight excluding hydrogens is 501 g/mol. The van der Waals surface area contributed by atoms with E-state index < -0.39 is 18.5 Å². The van der Waals surface area contributed by atoms with Gasteiger partial charge in [0.25, 0.3) is 11.8 Å². The quantitative estimate of drug-likeness (QED) is 0.496. The summed E-state index contributed by atoms with van der Waals surface area (Å²) in [5.74, 6) is -0.850. The number of morpholine rings is 1. The predicted octanol–water partition coefficient (Wildman–Crippen LogP) is 3.13. The number of esters is 1. The second-order valence-electron chi connectivity index (χ2n) is 7.39. The lowest BCUT2D eigenvalue weighted by molar-refractivity contribution is -0.137. The highest BCUT2D eigenvalue weighted by atomic mass is 35.5. The highest BCUT2D eigenvalue weighted by Crippen LogP contribution is 2.29. The summed E-state index contributed by atoms with van der Waals surface area (Å²) in [5, 5.41) is 2.99. The number of aromatic nitrogens is 1. The first-order valence-electron chi connectivity index (χ1n) is 10.8. The lowest BCUT2D eigenvalue weighted by Gasteiger charge is -2.26. The van der Waals surface area contributed by atoms with E-state index in [4.69, 9.17) is 42.1 Å². The van der Waals surface area contributed by atoms with Crippen LogP contribution in [0.4, 0.5) is 5.82 Å². The number of aryl methyl sites for hydroxylation is 1. The van der Waals surface area contributed by atoms with Crippen molar-refractivity contribution in [3.63, 3.8) is 0 Å². The first-order chi connectivity index (χ1) is 16.8. The smallest absolute Gasteiger partial charge is 0.338 e. The van der Waals surface area contributed by atoms with Gasteiger partial charge in [-0.25, -0.2) is 9.78 Å². The van der Waals surface area contributed by atoms with E-state index in [2.05, 4.69) is 10.3 Å². The van der Waals surface area contributed by atoms with E-state index in [0.29, 0.717) is 49.4 Å². The molecule has 0 aliphatic carbocycles. The topological polar surface area (TPSA) is 116 Å². The minimum absolute atomic E-state index is 0.112. The third-order valence-electron chi connectivity index (χ3n) is 4.89. The molecule has 0 saturated carbocycles. The van der Waals surface area contributed by atoms with E-state index in [1.165, 1.54) is 24.3 Å². The molecule has 12 heteroatoms. The Kier molecular flexibility index (Phi) is 9.53. The first kappa shape index (κ1) is 26.5. The van der Waals surface area contributed by atoms with Crippen LogP contribution in [-0.4, -0.2) is 73.8 Å². The Bertz CT molecular complexity index is 1090. The molecule has 1 aromatic heterocycles. The van der Waals surface area contributed by atoms with Gasteiger partial charge in [0, 0.05) is 13.1 Å². The van der Waals surface area contributed by atoms with Gasteiger partial charge in [-0.15, -0.1) is 0 Å². The summed E-state index contributed by atoms with van der Waals surface area (Å²) in [7, 11) is 0. The molecule has 3 rings (SSSR count). The van der Waals surface area contributed by atoms with Crippen LogP contribution in [0.25, 0.3) is 0 Å². The molecule has 1 aliphatic rings. The molecule has 0 atom stereocenters. The number of ether oxygens (including phenoxy) is 4. The van der Waals surface area contributed by atoms with Crippen molar-refractivity contribution in [1.82, 2.24) is 9.88 Å². The predicted molar refractivity (Wildman–Crippen MR) is 128 cm³/mol. The van der Waals surface area contributed by atoms with E-state index >= 15 is 0 Å². The standard InChI is InChI=1S/C23H25Cl2N3O7/c1-3-33-19-10-15(4-5-18(19)34-13-21(30)28-6-8-32-9-7-28)23(31)35-12-20(29)27-22-17(25)11-16(24)14(2)26-22/h4-5,10-11H,3,6-9,12-13H2,1-2H3,(H,26,27,29). The van der Waals surface area contributed by atoms with Crippen LogP contribution in [0.3, 0.4) is 0 Å². The van der Waals surface area contributed by atoms with Crippen LogP contribution in [0.2, 0.25) is 10.0 Å². The minimum Gasteiger partial charge on any atom is -0.490 e. The van der Waals surface area contributed by atoms with Crippen LogP contribution in [-0.2, 0) is 19.1 Å². The highest BCUT2D eigenvalue weighted by Gasteiger charge is 2.19. The number of carbonyl (C=O) groups is 3. The molecule has 2 aromatic rings. The number of pyridine rings is 1. The summed E-state index contributed by atoms with van der Waals surface area (Å²) in [5.41, 5.74) is 0.632. The Labute approximate surface area is 212 Å². The summed E-state index contributed by atoms with van der Waals surface area (Å²) in [6.07, 6.45) is 0. The van der Waals surface area contributed by atoms with Crippen molar-refractivity contribution >= 4 is 46.8 Å². The fraction of sp³-hybridized carbons (Fsp3) is 0.391. The number of carbonyl (C=O) groups excluding carboxylic acids is 3. The van der Waals surface area contributed by atoms with E-state index in [9.17, 15) is 14.4 Å². The van der Waals surface area contributed by atoms with E-state index in [1.54, 1.807) is 18.7 Å². The molecule has 0 unspecified atom stereocenters. The Morgan fingerprint density at radius 1 is 1.06 bits per heavy atom. The van der Waals surface area contributed by atoms with E-state index in [0.717, 1.165) is 0 Å². The maximum Gasteiger partial charge on any atom is 0.338 e. The zero-order valence-electron chi connectivity index (χ0n) is 19.3. The monoisotopic (exact) mass is 525 g/mol. The number of hydrogen-bond acceptors (Lipinski definition) is 8. The molecule has 2 heterocycles. The SMILES string of the molecule is CCOc1cc(C(=O)OCC(=O)Nc2nc(C)c(Cl)cc2Cl)ccc1OCC(=O)N1CCOCC1. The molecule has 1 fully saturated rings. The fourth-order valence-corrected chi connectivity index (χ4v) is 3.50. The lowest BCUT2D eigenvalue weighted by atomic mass is 10.2. The molecule has 0 bridgehead atoms. The molecular formula is C23H25Cl2N3O7. The molecule has 35 heavy (non-hydrogen) atoms. The van der Waals surface area contributed by atoms with Gasteiger partial charge in [-0.2, -0.15) is 0 Å². The van der Waals surface area contributed by atoms with Gasteiger partial charge in [0.2, 0.25) is 0 Å². The Balaban J connectivity index is 1.57. The van der Waals surface area contributed by atoms with E-state index in [-0.39, 0.29) is 34.7 Å². The van der Waals surface area contributed by atoms with E-state index in [1.807, 2.05) is 0 Å². The van der Waals surface area contributed by atoms with Gasteiger partial charge >= 0.3 is 5.97 Å². The van der Waals surface area contributed by atoms with Gasteiger partial charge in [0.15, 0.2) is 30.5 Å². The van der Waals surface area contributed by atoms with Gasteiger partial charge in [-0.05, 0) is 38.1 Å². The summed E-state index contributed by atoms with van der Waals surface area (Å²) < 4.78 is 21.5. The number of amides is 2. The average Bonchev–Trinajstić information content (AvgIpc) is 2.85.